The fraction of sp³-hybridized carbons (Fsp3) is 0.448. The summed E-state index contributed by atoms with van der Waals surface area (Å²) in [5.74, 6) is -2.76. The molecule has 2 aromatic carbocycles. The second kappa shape index (κ2) is 10.1. The maximum atomic E-state index is 15.6. The Morgan fingerprint density at radius 2 is 1.71 bits per heavy atom. The lowest BCUT2D eigenvalue weighted by Crippen LogP contribution is -2.59. The van der Waals surface area contributed by atoms with Gasteiger partial charge in [-0.2, -0.15) is 4.31 Å². The second-order valence-electron chi connectivity index (χ2n) is 10.9. The number of aliphatic hydroxyl groups is 1. The fourth-order valence-electron chi connectivity index (χ4n) is 5.78. The molecule has 0 unspecified atom stereocenters. The standard InChI is InChI=1S/C29H33F2NO5S/c1-18(2)29(35)16-28(17-29,27(34)12-20(4)33)23-14-24(30)22(13-25(23)31)15-32-19(3)10-11-26(38(32,36)37)21-8-6-5-7-9-21/h5-9,13-14,19,26,35H,1,10-12,15-17H2,2-4H3/t19-,26+,28?,29?/m0/s1. The van der Waals surface area contributed by atoms with Crippen LogP contribution in [0.2, 0.25) is 0 Å². The molecule has 1 N–H and O–H groups in total. The summed E-state index contributed by atoms with van der Waals surface area (Å²) in [7, 11) is -3.87. The number of ketones is 2. The van der Waals surface area contributed by atoms with Crippen molar-refractivity contribution in [2.75, 3.05) is 0 Å². The Bertz CT molecular complexity index is 1380. The van der Waals surface area contributed by atoms with E-state index in [1.165, 1.54) is 11.2 Å². The molecule has 6 nitrogen and oxygen atoms in total. The van der Waals surface area contributed by atoms with E-state index in [0.29, 0.717) is 24.0 Å². The van der Waals surface area contributed by atoms with Gasteiger partial charge in [0.15, 0.2) is 5.78 Å². The van der Waals surface area contributed by atoms with Crippen LogP contribution in [0.15, 0.2) is 54.6 Å². The van der Waals surface area contributed by atoms with Crippen molar-refractivity contribution in [3.8, 4) is 0 Å². The van der Waals surface area contributed by atoms with E-state index in [0.717, 1.165) is 12.1 Å². The van der Waals surface area contributed by atoms with E-state index in [4.69, 9.17) is 0 Å². The highest BCUT2D eigenvalue weighted by atomic mass is 32.2. The largest absolute Gasteiger partial charge is 0.385 e. The lowest BCUT2D eigenvalue weighted by molar-refractivity contribution is -0.142. The number of hydrogen-bond donors (Lipinski definition) is 1. The van der Waals surface area contributed by atoms with Crippen LogP contribution in [0.5, 0.6) is 0 Å². The van der Waals surface area contributed by atoms with Gasteiger partial charge in [-0.1, -0.05) is 36.9 Å². The van der Waals surface area contributed by atoms with Crippen LogP contribution in [0.25, 0.3) is 0 Å². The molecular weight excluding hydrogens is 512 g/mol. The molecule has 0 spiro atoms. The van der Waals surface area contributed by atoms with Crippen molar-refractivity contribution in [1.82, 2.24) is 4.31 Å². The molecule has 204 valence electrons. The molecule has 2 fully saturated rings. The van der Waals surface area contributed by atoms with E-state index in [1.807, 2.05) is 0 Å². The number of carbonyl (C=O) groups is 2. The summed E-state index contributed by atoms with van der Waals surface area (Å²) in [5, 5.41) is 9.99. The Morgan fingerprint density at radius 3 is 2.29 bits per heavy atom. The third-order valence-electron chi connectivity index (χ3n) is 8.10. The molecule has 9 heteroatoms. The first kappa shape index (κ1) is 28.3. The predicted octanol–water partition coefficient (Wildman–Crippen LogP) is 4.91. The molecular formula is C29H33F2NO5S. The lowest BCUT2D eigenvalue weighted by atomic mass is 9.52. The van der Waals surface area contributed by atoms with Crippen molar-refractivity contribution in [1.29, 1.82) is 0 Å². The summed E-state index contributed by atoms with van der Waals surface area (Å²) in [6.45, 7) is 7.94. The van der Waals surface area contributed by atoms with E-state index in [1.54, 1.807) is 44.2 Å². The van der Waals surface area contributed by atoms with Gasteiger partial charge in [0, 0.05) is 23.7 Å². The van der Waals surface area contributed by atoms with Crippen LogP contribution < -0.4 is 0 Å². The van der Waals surface area contributed by atoms with Gasteiger partial charge in [-0.05, 0) is 69.7 Å². The number of rotatable bonds is 8. The Hall–Kier alpha value is -2.75. The van der Waals surface area contributed by atoms with Crippen LogP contribution in [-0.2, 0) is 31.6 Å². The van der Waals surface area contributed by atoms with Crippen molar-refractivity contribution in [2.45, 2.75) is 81.7 Å². The molecule has 0 bridgehead atoms. The van der Waals surface area contributed by atoms with Crippen molar-refractivity contribution in [3.05, 3.63) is 82.9 Å². The van der Waals surface area contributed by atoms with Crippen molar-refractivity contribution in [2.24, 2.45) is 0 Å². The Labute approximate surface area is 222 Å². The molecule has 2 aliphatic rings. The summed E-state index contributed by atoms with van der Waals surface area (Å²) in [5.41, 5.74) is -2.37. The minimum atomic E-state index is -3.87. The molecule has 1 saturated heterocycles. The van der Waals surface area contributed by atoms with Crippen LogP contribution in [0.4, 0.5) is 8.78 Å². The maximum absolute atomic E-state index is 15.6. The van der Waals surface area contributed by atoms with Crippen LogP contribution in [0, 0.1) is 11.6 Å². The third kappa shape index (κ3) is 4.87. The van der Waals surface area contributed by atoms with Crippen LogP contribution >= 0.6 is 0 Å². The average molecular weight is 546 g/mol. The van der Waals surface area contributed by atoms with E-state index in [-0.39, 0.29) is 30.5 Å². The summed E-state index contributed by atoms with van der Waals surface area (Å²) in [4.78, 5) is 24.8. The molecule has 1 saturated carbocycles. The predicted molar refractivity (Wildman–Crippen MR) is 140 cm³/mol. The van der Waals surface area contributed by atoms with Gasteiger partial charge in [0.2, 0.25) is 10.0 Å². The molecule has 4 rings (SSSR count). The van der Waals surface area contributed by atoms with Gasteiger partial charge >= 0.3 is 0 Å². The van der Waals surface area contributed by atoms with Crippen LogP contribution in [0.1, 0.15) is 74.8 Å². The minimum Gasteiger partial charge on any atom is -0.385 e. The molecule has 2 aromatic rings. The number of carbonyl (C=O) groups excluding carboxylic acids is 2. The van der Waals surface area contributed by atoms with Gasteiger partial charge < -0.3 is 5.11 Å². The smallest absolute Gasteiger partial charge is 0.221 e. The number of nitrogens with zero attached hydrogens (tertiary/aromatic N) is 1. The Morgan fingerprint density at radius 1 is 1.08 bits per heavy atom. The third-order valence-corrected chi connectivity index (χ3v) is 10.5. The first-order chi connectivity index (χ1) is 17.7. The monoisotopic (exact) mass is 545 g/mol. The van der Waals surface area contributed by atoms with E-state index in [9.17, 15) is 23.1 Å². The number of benzene rings is 2. The molecule has 1 aliphatic carbocycles. The SMILES string of the molecule is C=C(C)C1(O)CC(C(=O)CC(C)=O)(c2cc(F)c(CN3[C@@H](C)CC[C@H](c4ccccc4)S3(=O)=O)cc2F)C1. The van der Waals surface area contributed by atoms with E-state index < -0.39 is 62.0 Å². The molecule has 0 aromatic heterocycles. The van der Waals surface area contributed by atoms with Gasteiger partial charge in [-0.25, -0.2) is 17.2 Å². The maximum Gasteiger partial charge on any atom is 0.221 e. The molecule has 1 aliphatic heterocycles. The van der Waals surface area contributed by atoms with Crippen LogP contribution in [0.3, 0.4) is 0 Å². The highest BCUT2D eigenvalue weighted by molar-refractivity contribution is 7.89. The zero-order chi connectivity index (χ0) is 28.0. The van der Waals surface area contributed by atoms with Gasteiger partial charge in [0.1, 0.15) is 22.7 Å². The number of Topliss-reactive ketones (excluding diaryl/α,β-unsaturated/α-hetero) is 2. The zero-order valence-electron chi connectivity index (χ0n) is 21.8. The number of hydrogen-bond acceptors (Lipinski definition) is 5. The van der Waals surface area contributed by atoms with Crippen LogP contribution in [-0.4, -0.2) is 41.0 Å². The van der Waals surface area contributed by atoms with Gasteiger partial charge in [-0.15, -0.1) is 0 Å². The molecule has 2 atom stereocenters. The molecule has 1 heterocycles. The molecule has 0 amide bonds. The fourth-order valence-corrected chi connectivity index (χ4v) is 7.97. The van der Waals surface area contributed by atoms with E-state index in [2.05, 4.69) is 6.58 Å². The van der Waals surface area contributed by atoms with Gasteiger partial charge in [0.05, 0.1) is 17.4 Å². The summed E-state index contributed by atoms with van der Waals surface area (Å²) < 4.78 is 59.4. The summed E-state index contributed by atoms with van der Waals surface area (Å²) in [6.07, 6.45) is 0.0791. The molecule has 38 heavy (non-hydrogen) atoms. The Kier molecular flexibility index (Phi) is 7.51. The summed E-state index contributed by atoms with van der Waals surface area (Å²) >= 11 is 0. The Balaban J connectivity index is 1.69. The molecule has 0 radical (unpaired) electrons. The highest BCUT2D eigenvalue weighted by Gasteiger charge is 2.60. The zero-order valence-corrected chi connectivity index (χ0v) is 22.7. The first-order valence-electron chi connectivity index (χ1n) is 12.7. The number of sulfonamides is 1. The van der Waals surface area contributed by atoms with Crippen molar-refractivity contribution < 1.29 is 31.9 Å². The topological polar surface area (TPSA) is 91.8 Å². The van der Waals surface area contributed by atoms with Crippen molar-refractivity contribution >= 4 is 21.6 Å². The van der Waals surface area contributed by atoms with Gasteiger partial charge in [-0.3, -0.25) is 9.59 Å². The quantitative estimate of drug-likeness (QED) is 0.376. The summed E-state index contributed by atoms with van der Waals surface area (Å²) in [6, 6.07) is 10.2. The van der Waals surface area contributed by atoms with E-state index >= 15 is 8.78 Å². The van der Waals surface area contributed by atoms with Gasteiger partial charge in [0.25, 0.3) is 0 Å². The minimum absolute atomic E-state index is 0.154. The number of halogens is 2. The lowest BCUT2D eigenvalue weighted by Gasteiger charge is -2.53. The van der Waals surface area contributed by atoms with Crippen molar-refractivity contribution in [3.63, 3.8) is 0 Å². The second-order valence-corrected chi connectivity index (χ2v) is 13.0. The first-order valence-corrected chi connectivity index (χ1v) is 14.2. The highest BCUT2D eigenvalue weighted by Crippen LogP contribution is 2.55. The average Bonchev–Trinajstić information content (AvgIpc) is 2.81. The normalized spacial score (nSPS) is 28.9.